The standard InChI is InChI=1S/C12H9Br3/c1-6-3-4-8(13)11-10(6)9(14)5-7(2)12(11)15/h3-5H,1-2H3. The zero-order chi connectivity index (χ0) is 11.2. The minimum atomic E-state index is 1.12. The lowest BCUT2D eigenvalue weighted by Gasteiger charge is -2.11. The summed E-state index contributed by atoms with van der Waals surface area (Å²) in [5.74, 6) is 0. The first kappa shape index (κ1) is 11.6. The van der Waals surface area contributed by atoms with Gasteiger partial charge in [0.15, 0.2) is 0 Å². The summed E-state index contributed by atoms with van der Waals surface area (Å²) in [5.41, 5.74) is 2.52. The van der Waals surface area contributed by atoms with Crippen LogP contribution in [0.5, 0.6) is 0 Å². The number of hydrogen-bond acceptors (Lipinski definition) is 0. The van der Waals surface area contributed by atoms with Crippen molar-refractivity contribution in [3.8, 4) is 0 Å². The van der Waals surface area contributed by atoms with Gasteiger partial charge in [-0.15, -0.1) is 0 Å². The van der Waals surface area contributed by atoms with Gasteiger partial charge in [0.05, 0.1) is 0 Å². The minimum Gasteiger partial charge on any atom is -0.0575 e. The van der Waals surface area contributed by atoms with E-state index >= 15 is 0 Å². The molecule has 2 aromatic rings. The molecule has 2 aromatic carbocycles. The molecule has 15 heavy (non-hydrogen) atoms. The van der Waals surface area contributed by atoms with Crippen LogP contribution in [0, 0.1) is 13.8 Å². The van der Waals surface area contributed by atoms with Crippen molar-refractivity contribution in [2.75, 3.05) is 0 Å². The van der Waals surface area contributed by atoms with Gasteiger partial charge in [-0.3, -0.25) is 0 Å². The Hall–Kier alpha value is 0.140. The topological polar surface area (TPSA) is 0 Å². The van der Waals surface area contributed by atoms with Crippen LogP contribution in [0.15, 0.2) is 31.6 Å². The third-order valence-corrected chi connectivity index (χ3v) is 4.82. The van der Waals surface area contributed by atoms with Gasteiger partial charge in [-0.1, -0.05) is 37.9 Å². The molecule has 0 unspecified atom stereocenters. The normalized spacial score (nSPS) is 11.0. The molecule has 0 fully saturated rings. The molecule has 3 heteroatoms. The number of benzene rings is 2. The van der Waals surface area contributed by atoms with Gasteiger partial charge < -0.3 is 0 Å². The molecule has 0 saturated carbocycles. The van der Waals surface area contributed by atoms with E-state index in [4.69, 9.17) is 0 Å². The van der Waals surface area contributed by atoms with Crippen LogP contribution < -0.4 is 0 Å². The molecule has 0 radical (unpaired) electrons. The molecule has 0 bridgehead atoms. The third kappa shape index (κ3) is 1.90. The molecule has 0 N–H and O–H groups in total. The number of hydrogen-bond donors (Lipinski definition) is 0. The molecular weight excluding hydrogens is 384 g/mol. The number of halogens is 3. The van der Waals surface area contributed by atoms with E-state index in [2.05, 4.69) is 79.8 Å². The van der Waals surface area contributed by atoms with Crippen molar-refractivity contribution in [1.82, 2.24) is 0 Å². The van der Waals surface area contributed by atoms with Crippen molar-refractivity contribution in [3.63, 3.8) is 0 Å². The zero-order valence-corrected chi connectivity index (χ0v) is 13.1. The first-order valence-corrected chi connectivity index (χ1v) is 6.93. The van der Waals surface area contributed by atoms with Crippen molar-refractivity contribution in [2.45, 2.75) is 13.8 Å². The molecule has 0 nitrogen and oxygen atoms in total. The van der Waals surface area contributed by atoms with Crippen LogP contribution in [0.1, 0.15) is 11.1 Å². The zero-order valence-electron chi connectivity index (χ0n) is 8.37. The number of aryl methyl sites for hydroxylation is 2. The fraction of sp³-hybridized carbons (Fsp3) is 0.167. The summed E-state index contributed by atoms with van der Waals surface area (Å²) >= 11 is 10.9. The highest BCUT2D eigenvalue weighted by Crippen LogP contribution is 2.39. The fourth-order valence-electron chi connectivity index (χ4n) is 1.73. The second-order valence-corrected chi connectivity index (χ2v) is 6.11. The molecule has 0 aromatic heterocycles. The van der Waals surface area contributed by atoms with Gasteiger partial charge in [-0.05, 0) is 53.0 Å². The van der Waals surface area contributed by atoms with E-state index in [1.54, 1.807) is 0 Å². The van der Waals surface area contributed by atoms with Crippen LogP contribution in [-0.2, 0) is 0 Å². The van der Waals surface area contributed by atoms with Crippen molar-refractivity contribution in [1.29, 1.82) is 0 Å². The van der Waals surface area contributed by atoms with Crippen molar-refractivity contribution >= 4 is 58.6 Å². The maximum absolute atomic E-state index is 3.65. The second kappa shape index (κ2) is 4.19. The third-order valence-electron chi connectivity index (χ3n) is 2.51. The lowest BCUT2D eigenvalue weighted by Crippen LogP contribution is -1.86. The first-order valence-electron chi connectivity index (χ1n) is 4.55. The summed E-state index contributed by atoms with van der Waals surface area (Å²) < 4.78 is 3.44. The Morgan fingerprint density at radius 3 is 2.13 bits per heavy atom. The Bertz CT molecular complexity index is 544. The van der Waals surface area contributed by atoms with E-state index in [0.29, 0.717) is 0 Å². The Morgan fingerprint density at radius 1 is 0.800 bits per heavy atom. The quantitative estimate of drug-likeness (QED) is 0.536. The smallest absolute Gasteiger partial charge is 0.0295 e. The van der Waals surface area contributed by atoms with Crippen LogP contribution in [0.2, 0.25) is 0 Å². The van der Waals surface area contributed by atoms with E-state index in [-0.39, 0.29) is 0 Å². The second-order valence-electron chi connectivity index (χ2n) is 3.60. The summed E-state index contributed by atoms with van der Waals surface area (Å²) in [6.45, 7) is 4.23. The molecule has 2 rings (SSSR count). The van der Waals surface area contributed by atoms with E-state index in [0.717, 1.165) is 13.4 Å². The summed E-state index contributed by atoms with van der Waals surface area (Å²) in [6.07, 6.45) is 0. The summed E-state index contributed by atoms with van der Waals surface area (Å²) in [4.78, 5) is 0. The van der Waals surface area contributed by atoms with Gasteiger partial charge in [0.25, 0.3) is 0 Å². The van der Waals surface area contributed by atoms with Gasteiger partial charge in [0, 0.05) is 24.2 Å². The molecule has 0 amide bonds. The summed E-state index contributed by atoms with van der Waals surface area (Å²) in [6, 6.07) is 6.36. The summed E-state index contributed by atoms with van der Waals surface area (Å²) in [7, 11) is 0. The van der Waals surface area contributed by atoms with Gasteiger partial charge in [0.2, 0.25) is 0 Å². The Kier molecular flexibility index (Phi) is 3.25. The molecule has 0 aliphatic carbocycles. The van der Waals surface area contributed by atoms with Gasteiger partial charge in [0.1, 0.15) is 0 Å². The van der Waals surface area contributed by atoms with E-state index in [1.807, 2.05) is 0 Å². The van der Waals surface area contributed by atoms with Crippen molar-refractivity contribution in [3.05, 3.63) is 42.7 Å². The SMILES string of the molecule is Cc1cc(Br)c2c(C)ccc(Br)c2c1Br. The number of fused-ring (bicyclic) bond motifs is 1. The predicted molar refractivity (Wildman–Crippen MR) is 76.5 cm³/mol. The molecular formula is C12H9Br3. The van der Waals surface area contributed by atoms with Gasteiger partial charge >= 0.3 is 0 Å². The number of rotatable bonds is 0. The molecule has 0 atom stereocenters. The highest BCUT2D eigenvalue weighted by Gasteiger charge is 2.11. The molecule has 0 heterocycles. The molecule has 0 aliphatic rings. The largest absolute Gasteiger partial charge is 0.0575 e. The average molecular weight is 393 g/mol. The highest BCUT2D eigenvalue weighted by atomic mass is 79.9. The van der Waals surface area contributed by atoms with Crippen LogP contribution in [0.3, 0.4) is 0 Å². The average Bonchev–Trinajstić information content (AvgIpc) is 2.18. The van der Waals surface area contributed by atoms with Crippen molar-refractivity contribution < 1.29 is 0 Å². The maximum Gasteiger partial charge on any atom is 0.0295 e. The first-order chi connectivity index (χ1) is 7.02. The molecule has 0 spiro atoms. The molecule has 0 aliphatic heterocycles. The Labute approximate surface area is 114 Å². The maximum atomic E-state index is 3.65. The predicted octanol–water partition coefficient (Wildman–Crippen LogP) is 5.74. The minimum absolute atomic E-state index is 1.12. The van der Waals surface area contributed by atoms with E-state index < -0.39 is 0 Å². The van der Waals surface area contributed by atoms with E-state index in [9.17, 15) is 0 Å². The lowest BCUT2D eigenvalue weighted by molar-refractivity contribution is 1.42. The van der Waals surface area contributed by atoms with Gasteiger partial charge in [-0.2, -0.15) is 0 Å². The summed E-state index contributed by atoms with van der Waals surface area (Å²) in [5, 5.41) is 2.50. The molecule has 78 valence electrons. The van der Waals surface area contributed by atoms with Crippen LogP contribution in [0.25, 0.3) is 10.8 Å². The Balaban J connectivity index is 3.08. The molecule has 0 saturated heterocycles. The van der Waals surface area contributed by atoms with Crippen LogP contribution >= 0.6 is 47.8 Å². The lowest BCUT2D eigenvalue weighted by atomic mass is 10.0. The Morgan fingerprint density at radius 2 is 1.47 bits per heavy atom. The van der Waals surface area contributed by atoms with E-state index in [1.165, 1.54) is 21.9 Å². The van der Waals surface area contributed by atoms with Crippen molar-refractivity contribution in [2.24, 2.45) is 0 Å². The van der Waals surface area contributed by atoms with Crippen LogP contribution in [-0.4, -0.2) is 0 Å². The highest BCUT2D eigenvalue weighted by molar-refractivity contribution is 9.11. The van der Waals surface area contributed by atoms with Crippen LogP contribution in [0.4, 0.5) is 0 Å². The van der Waals surface area contributed by atoms with Gasteiger partial charge in [-0.25, -0.2) is 0 Å². The monoisotopic (exact) mass is 390 g/mol. The fourth-order valence-corrected chi connectivity index (χ4v) is 3.90.